The third-order valence-corrected chi connectivity index (χ3v) is 6.12. The molecule has 1 aliphatic heterocycles. The van der Waals surface area contributed by atoms with Gasteiger partial charge in [0.2, 0.25) is 0 Å². The molecule has 1 heterocycles. The summed E-state index contributed by atoms with van der Waals surface area (Å²) in [6.07, 6.45) is 1.65. The van der Waals surface area contributed by atoms with E-state index in [0.29, 0.717) is 25.0 Å². The van der Waals surface area contributed by atoms with Crippen LogP contribution in [0.4, 0.5) is 5.69 Å². The average Bonchev–Trinajstić information content (AvgIpc) is 2.74. The molecule has 2 aliphatic rings. The fraction of sp³-hybridized carbons (Fsp3) is 0.333. The van der Waals surface area contributed by atoms with Crippen molar-refractivity contribution in [1.29, 1.82) is 0 Å². The SMILES string of the molecule is CCOC(=O)C1=C(C)N(c2ccc(-c3ccccc3)cc2)C2=C(C1)C(=O)CC(C)(C)C2. The van der Waals surface area contributed by atoms with Crippen LogP contribution in [0.2, 0.25) is 0 Å². The van der Waals surface area contributed by atoms with Gasteiger partial charge in [-0.25, -0.2) is 4.79 Å². The van der Waals surface area contributed by atoms with Gasteiger partial charge >= 0.3 is 5.97 Å². The summed E-state index contributed by atoms with van der Waals surface area (Å²) in [6, 6.07) is 18.5. The van der Waals surface area contributed by atoms with Gasteiger partial charge in [-0.05, 0) is 48.9 Å². The summed E-state index contributed by atoms with van der Waals surface area (Å²) in [5.41, 5.74) is 6.30. The molecule has 1 aliphatic carbocycles. The molecule has 0 amide bonds. The maximum absolute atomic E-state index is 13.0. The topological polar surface area (TPSA) is 46.6 Å². The molecule has 31 heavy (non-hydrogen) atoms. The molecule has 0 radical (unpaired) electrons. The summed E-state index contributed by atoms with van der Waals surface area (Å²) in [4.78, 5) is 27.8. The third kappa shape index (κ3) is 4.07. The number of benzene rings is 2. The van der Waals surface area contributed by atoms with Gasteiger partial charge in [0.1, 0.15) is 0 Å². The lowest BCUT2D eigenvalue weighted by atomic mass is 9.73. The quantitative estimate of drug-likeness (QED) is 0.571. The first-order chi connectivity index (χ1) is 14.8. The molecule has 0 saturated heterocycles. The number of esters is 1. The lowest BCUT2D eigenvalue weighted by molar-refractivity contribution is -0.138. The molecule has 2 aromatic rings. The lowest BCUT2D eigenvalue weighted by Crippen LogP contribution is -2.38. The molecule has 4 heteroatoms. The Morgan fingerprint density at radius 1 is 1.00 bits per heavy atom. The molecule has 2 aromatic carbocycles. The minimum atomic E-state index is -0.338. The molecular weight excluding hydrogens is 386 g/mol. The Bertz CT molecular complexity index is 1080. The van der Waals surface area contributed by atoms with Crippen molar-refractivity contribution in [2.75, 3.05) is 11.5 Å². The number of rotatable bonds is 4. The second kappa shape index (κ2) is 8.18. The van der Waals surface area contributed by atoms with Gasteiger partial charge in [-0.3, -0.25) is 4.79 Å². The molecule has 0 fully saturated rings. The third-order valence-electron chi connectivity index (χ3n) is 6.12. The monoisotopic (exact) mass is 415 g/mol. The van der Waals surface area contributed by atoms with Crippen LogP contribution in [0.5, 0.6) is 0 Å². The number of hydrogen-bond donors (Lipinski definition) is 0. The van der Waals surface area contributed by atoms with E-state index < -0.39 is 0 Å². The predicted octanol–water partition coefficient (Wildman–Crippen LogP) is 6.04. The zero-order valence-electron chi connectivity index (χ0n) is 18.7. The lowest BCUT2D eigenvalue weighted by Gasteiger charge is -2.42. The highest BCUT2D eigenvalue weighted by atomic mass is 16.5. The Balaban J connectivity index is 1.80. The van der Waals surface area contributed by atoms with Crippen molar-refractivity contribution in [1.82, 2.24) is 0 Å². The van der Waals surface area contributed by atoms with Gasteiger partial charge in [0.15, 0.2) is 5.78 Å². The molecule has 0 aromatic heterocycles. The van der Waals surface area contributed by atoms with Crippen molar-refractivity contribution in [3.8, 4) is 11.1 Å². The van der Waals surface area contributed by atoms with Crippen molar-refractivity contribution in [3.05, 3.63) is 77.1 Å². The number of Topliss-reactive ketones (excluding diaryl/α,β-unsaturated/α-hetero) is 1. The van der Waals surface area contributed by atoms with E-state index in [4.69, 9.17) is 4.74 Å². The Morgan fingerprint density at radius 2 is 1.65 bits per heavy atom. The highest BCUT2D eigenvalue weighted by Crippen LogP contribution is 2.46. The van der Waals surface area contributed by atoms with Crippen LogP contribution in [0.25, 0.3) is 11.1 Å². The molecule has 0 N–H and O–H groups in total. The first-order valence-corrected chi connectivity index (χ1v) is 10.9. The van der Waals surface area contributed by atoms with E-state index in [1.165, 1.54) is 0 Å². The van der Waals surface area contributed by atoms with Crippen LogP contribution in [-0.4, -0.2) is 18.4 Å². The van der Waals surface area contributed by atoms with Gasteiger partial charge in [-0.2, -0.15) is 0 Å². The Labute approximate surface area is 184 Å². The van der Waals surface area contributed by atoms with Crippen LogP contribution in [0.15, 0.2) is 77.1 Å². The van der Waals surface area contributed by atoms with Gasteiger partial charge in [0, 0.05) is 35.5 Å². The van der Waals surface area contributed by atoms with Gasteiger partial charge in [-0.1, -0.05) is 56.3 Å². The maximum atomic E-state index is 13.0. The molecule has 0 spiro atoms. The van der Waals surface area contributed by atoms with E-state index in [1.807, 2.05) is 25.1 Å². The molecule has 160 valence electrons. The van der Waals surface area contributed by atoms with Crippen LogP contribution in [-0.2, 0) is 14.3 Å². The smallest absolute Gasteiger partial charge is 0.336 e. The van der Waals surface area contributed by atoms with Crippen molar-refractivity contribution in [2.45, 2.75) is 47.0 Å². The average molecular weight is 416 g/mol. The number of ether oxygens (including phenoxy) is 1. The normalized spacial score (nSPS) is 18.2. The van der Waals surface area contributed by atoms with E-state index >= 15 is 0 Å². The van der Waals surface area contributed by atoms with Crippen LogP contribution < -0.4 is 4.90 Å². The second-order valence-electron chi connectivity index (χ2n) is 9.08. The summed E-state index contributed by atoms with van der Waals surface area (Å²) >= 11 is 0. The number of allylic oxidation sites excluding steroid dienone is 3. The Morgan fingerprint density at radius 3 is 2.29 bits per heavy atom. The fourth-order valence-corrected chi connectivity index (χ4v) is 4.60. The summed E-state index contributed by atoms with van der Waals surface area (Å²) in [5.74, 6) is -0.207. The largest absolute Gasteiger partial charge is 0.463 e. The van der Waals surface area contributed by atoms with Crippen LogP contribution >= 0.6 is 0 Å². The summed E-state index contributed by atoms with van der Waals surface area (Å²) in [5, 5.41) is 0. The molecule has 4 rings (SSSR count). The first kappa shape index (κ1) is 21.1. The maximum Gasteiger partial charge on any atom is 0.336 e. The van der Waals surface area contributed by atoms with Crippen molar-refractivity contribution >= 4 is 17.4 Å². The Hall–Kier alpha value is -3.14. The van der Waals surface area contributed by atoms with Gasteiger partial charge in [-0.15, -0.1) is 0 Å². The molecule has 0 saturated carbocycles. The van der Waals surface area contributed by atoms with Crippen LogP contribution in [0.3, 0.4) is 0 Å². The van der Waals surface area contributed by atoms with Gasteiger partial charge < -0.3 is 9.64 Å². The van der Waals surface area contributed by atoms with E-state index in [0.717, 1.165) is 40.2 Å². The summed E-state index contributed by atoms with van der Waals surface area (Å²) < 4.78 is 5.31. The summed E-state index contributed by atoms with van der Waals surface area (Å²) in [6.45, 7) is 8.33. The minimum Gasteiger partial charge on any atom is -0.463 e. The predicted molar refractivity (Wildman–Crippen MR) is 123 cm³/mol. The van der Waals surface area contributed by atoms with Crippen LogP contribution in [0.1, 0.15) is 47.0 Å². The van der Waals surface area contributed by atoms with Gasteiger partial charge in [0.05, 0.1) is 12.2 Å². The van der Waals surface area contributed by atoms with Crippen LogP contribution in [0, 0.1) is 5.41 Å². The molecule has 0 bridgehead atoms. The number of anilines is 1. The standard InChI is InChI=1S/C27H29NO3/c1-5-31-26(30)22-15-23-24(16-27(3,4)17-25(23)29)28(18(22)2)21-13-11-20(12-14-21)19-9-7-6-8-10-19/h6-14H,5,15-17H2,1-4H3. The first-order valence-electron chi connectivity index (χ1n) is 10.9. The molecule has 4 nitrogen and oxygen atoms in total. The van der Waals surface area contributed by atoms with Crippen molar-refractivity contribution < 1.29 is 14.3 Å². The zero-order chi connectivity index (χ0) is 22.2. The van der Waals surface area contributed by atoms with Gasteiger partial charge in [0.25, 0.3) is 0 Å². The van der Waals surface area contributed by atoms with E-state index in [1.54, 1.807) is 6.92 Å². The molecule has 0 atom stereocenters. The number of carbonyl (C=O) groups is 2. The van der Waals surface area contributed by atoms with Crippen molar-refractivity contribution in [2.24, 2.45) is 5.41 Å². The highest BCUT2D eigenvalue weighted by Gasteiger charge is 2.40. The fourth-order valence-electron chi connectivity index (χ4n) is 4.60. The molecule has 0 unspecified atom stereocenters. The highest BCUT2D eigenvalue weighted by molar-refractivity contribution is 6.03. The number of ketones is 1. The second-order valence-corrected chi connectivity index (χ2v) is 9.08. The van der Waals surface area contributed by atoms with Crippen molar-refractivity contribution in [3.63, 3.8) is 0 Å². The van der Waals surface area contributed by atoms with E-state index in [2.05, 4.69) is 55.1 Å². The number of nitrogens with zero attached hydrogens (tertiary/aromatic N) is 1. The zero-order valence-corrected chi connectivity index (χ0v) is 18.7. The van der Waals surface area contributed by atoms with E-state index in [-0.39, 0.29) is 17.2 Å². The summed E-state index contributed by atoms with van der Waals surface area (Å²) in [7, 11) is 0. The number of carbonyl (C=O) groups excluding carboxylic acids is 2. The molecular formula is C27H29NO3. The minimum absolute atomic E-state index is 0.111. The Kier molecular flexibility index (Phi) is 5.57. The van der Waals surface area contributed by atoms with E-state index in [9.17, 15) is 9.59 Å². The number of hydrogen-bond acceptors (Lipinski definition) is 4.